The van der Waals surface area contributed by atoms with Crippen molar-refractivity contribution in [1.29, 1.82) is 0 Å². The summed E-state index contributed by atoms with van der Waals surface area (Å²) >= 11 is 0. The van der Waals surface area contributed by atoms with Crippen LogP contribution in [0.5, 0.6) is 11.6 Å². The first kappa shape index (κ1) is 14.7. The van der Waals surface area contributed by atoms with Crippen molar-refractivity contribution in [3.8, 4) is 11.6 Å². The van der Waals surface area contributed by atoms with Crippen molar-refractivity contribution >= 4 is 17.8 Å². The fourth-order valence-corrected chi connectivity index (χ4v) is 3.19. The number of rotatable bonds is 3. The maximum absolute atomic E-state index is 12.6. The van der Waals surface area contributed by atoms with E-state index in [1.54, 1.807) is 23.1 Å². The van der Waals surface area contributed by atoms with Crippen LogP contribution in [0.2, 0.25) is 0 Å². The van der Waals surface area contributed by atoms with Gasteiger partial charge in [-0.05, 0) is 37.5 Å². The Kier molecular flexibility index (Phi) is 3.65. The molecule has 6 nitrogen and oxygen atoms in total. The first-order valence-corrected chi connectivity index (χ1v) is 8.08. The second-order valence-corrected chi connectivity index (χ2v) is 5.91. The number of carbonyl (C=O) groups is 2. The molecule has 2 saturated heterocycles. The number of ether oxygens (including phenoxy) is 1. The summed E-state index contributed by atoms with van der Waals surface area (Å²) in [6.07, 6.45) is 2.63. The van der Waals surface area contributed by atoms with Crippen LogP contribution < -0.4 is 9.64 Å². The van der Waals surface area contributed by atoms with E-state index in [4.69, 9.17) is 4.74 Å². The predicted octanol–water partition coefficient (Wildman–Crippen LogP) is 3.20. The fourth-order valence-electron chi connectivity index (χ4n) is 3.19. The molecule has 2 aromatic rings. The Labute approximate surface area is 139 Å². The molecule has 4 rings (SSSR count). The van der Waals surface area contributed by atoms with E-state index in [1.165, 1.54) is 4.90 Å². The third kappa shape index (κ3) is 2.50. The third-order valence-electron chi connectivity index (χ3n) is 4.35. The molecule has 2 aliphatic rings. The number of hydrogen-bond acceptors (Lipinski definition) is 4. The highest BCUT2D eigenvalue weighted by Crippen LogP contribution is 2.31. The minimum atomic E-state index is -0.341. The molecule has 0 N–H and O–H groups in total. The monoisotopic (exact) mass is 323 g/mol. The van der Waals surface area contributed by atoms with Crippen LogP contribution in [-0.2, 0) is 4.79 Å². The van der Waals surface area contributed by atoms with Crippen molar-refractivity contribution in [2.45, 2.75) is 25.3 Å². The molecule has 2 fully saturated rings. The summed E-state index contributed by atoms with van der Waals surface area (Å²) in [6.45, 7) is 0.631. The van der Waals surface area contributed by atoms with Gasteiger partial charge in [0.2, 0.25) is 5.88 Å². The lowest BCUT2D eigenvalue weighted by atomic mass is 10.0. The lowest BCUT2D eigenvalue weighted by Crippen LogP contribution is -2.39. The molecule has 2 aliphatic heterocycles. The molecule has 1 aromatic heterocycles. The Bertz CT molecular complexity index is 754. The van der Waals surface area contributed by atoms with Crippen molar-refractivity contribution in [3.05, 3.63) is 48.5 Å². The number of carbonyl (C=O) groups excluding carboxylic acids is 2. The third-order valence-corrected chi connectivity index (χ3v) is 4.35. The molecule has 3 amide bonds. The lowest BCUT2D eigenvalue weighted by Gasteiger charge is -2.25. The molecule has 0 saturated carbocycles. The van der Waals surface area contributed by atoms with Gasteiger partial charge in [0.1, 0.15) is 17.6 Å². The molecule has 3 heterocycles. The maximum atomic E-state index is 12.6. The van der Waals surface area contributed by atoms with Gasteiger partial charge in [0.25, 0.3) is 5.91 Å². The molecule has 0 radical (unpaired) electrons. The number of fused-ring (bicyclic) bond motifs is 1. The average molecular weight is 323 g/mol. The van der Waals surface area contributed by atoms with Gasteiger partial charge in [-0.25, -0.2) is 9.69 Å². The Hall–Kier alpha value is -2.89. The van der Waals surface area contributed by atoms with Gasteiger partial charge in [0.05, 0.1) is 0 Å². The summed E-state index contributed by atoms with van der Waals surface area (Å²) in [5.41, 5.74) is 0. The maximum Gasteiger partial charge on any atom is 0.333 e. The first-order valence-electron chi connectivity index (χ1n) is 8.08. The van der Waals surface area contributed by atoms with Crippen molar-refractivity contribution < 1.29 is 14.3 Å². The van der Waals surface area contributed by atoms with Gasteiger partial charge in [-0.1, -0.05) is 24.3 Å². The van der Waals surface area contributed by atoms with E-state index >= 15 is 0 Å². The molecule has 1 aromatic carbocycles. The number of pyridine rings is 1. The van der Waals surface area contributed by atoms with Crippen LogP contribution in [0.15, 0.2) is 48.5 Å². The standard InChI is InChI=1S/C18H17N3O3/c22-17-14-9-4-5-12-20(14)18(23)21(17)15-10-6-11-16(19-15)24-13-7-2-1-3-8-13/h1-3,6-8,10-11,14H,4-5,9,12H2/t14-/m1/s1. The Balaban J connectivity index is 1.61. The Morgan fingerprint density at radius 2 is 1.83 bits per heavy atom. The zero-order valence-corrected chi connectivity index (χ0v) is 13.1. The van der Waals surface area contributed by atoms with E-state index in [2.05, 4.69) is 4.98 Å². The summed E-state index contributed by atoms with van der Waals surface area (Å²) < 4.78 is 5.69. The number of aromatic nitrogens is 1. The lowest BCUT2D eigenvalue weighted by molar-refractivity contribution is -0.120. The molecular formula is C18H17N3O3. The van der Waals surface area contributed by atoms with Crippen molar-refractivity contribution in [2.24, 2.45) is 0 Å². The van der Waals surface area contributed by atoms with Crippen LogP contribution in [-0.4, -0.2) is 34.4 Å². The molecule has 0 aliphatic carbocycles. The quantitative estimate of drug-likeness (QED) is 0.814. The highest BCUT2D eigenvalue weighted by Gasteiger charge is 2.47. The second-order valence-electron chi connectivity index (χ2n) is 5.91. The van der Waals surface area contributed by atoms with Gasteiger partial charge in [-0.2, -0.15) is 4.98 Å². The largest absolute Gasteiger partial charge is 0.439 e. The van der Waals surface area contributed by atoms with Crippen LogP contribution in [0.1, 0.15) is 19.3 Å². The highest BCUT2D eigenvalue weighted by molar-refractivity contribution is 6.20. The number of anilines is 1. The summed E-state index contributed by atoms with van der Waals surface area (Å²) in [5, 5.41) is 0. The number of nitrogens with zero attached hydrogens (tertiary/aromatic N) is 3. The van der Waals surface area contributed by atoms with E-state index in [0.29, 0.717) is 24.0 Å². The van der Waals surface area contributed by atoms with Gasteiger partial charge in [-0.15, -0.1) is 0 Å². The number of piperidine rings is 1. The fraction of sp³-hybridized carbons (Fsp3) is 0.278. The van der Waals surface area contributed by atoms with Gasteiger partial charge in [0.15, 0.2) is 0 Å². The summed E-state index contributed by atoms with van der Waals surface area (Å²) in [4.78, 5) is 32.3. The van der Waals surface area contributed by atoms with Crippen LogP contribution in [0, 0.1) is 0 Å². The number of urea groups is 1. The molecule has 1 atom stereocenters. The number of para-hydroxylation sites is 1. The van der Waals surface area contributed by atoms with Crippen LogP contribution in [0.4, 0.5) is 10.6 Å². The molecule has 0 unspecified atom stereocenters. The number of hydrogen-bond donors (Lipinski definition) is 0. The minimum Gasteiger partial charge on any atom is -0.439 e. The number of benzene rings is 1. The van der Waals surface area contributed by atoms with E-state index in [1.807, 2.05) is 30.3 Å². The molecule has 122 valence electrons. The van der Waals surface area contributed by atoms with Gasteiger partial charge >= 0.3 is 6.03 Å². The zero-order chi connectivity index (χ0) is 16.5. The predicted molar refractivity (Wildman–Crippen MR) is 88.0 cm³/mol. The van der Waals surface area contributed by atoms with Gasteiger partial charge in [-0.3, -0.25) is 4.79 Å². The van der Waals surface area contributed by atoms with E-state index in [9.17, 15) is 9.59 Å². The second kappa shape index (κ2) is 5.96. The van der Waals surface area contributed by atoms with Crippen LogP contribution >= 0.6 is 0 Å². The summed E-state index contributed by atoms with van der Waals surface area (Å²) in [5.74, 6) is 1.12. The molecule has 0 bridgehead atoms. The van der Waals surface area contributed by atoms with Gasteiger partial charge < -0.3 is 9.64 Å². The molecular weight excluding hydrogens is 306 g/mol. The number of imide groups is 1. The average Bonchev–Trinajstić information content (AvgIpc) is 2.87. The zero-order valence-electron chi connectivity index (χ0n) is 13.1. The molecule has 0 spiro atoms. The highest BCUT2D eigenvalue weighted by atomic mass is 16.5. The summed E-state index contributed by atoms with van der Waals surface area (Å²) in [7, 11) is 0. The van der Waals surface area contributed by atoms with Crippen LogP contribution in [0.25, 0.3) is 0 Å². The Morgan fingerprint density at radius 1 is 1.00 bits per heavy atom. The SMILES string of the molecule is O=C1[C@H]2CCCCN2C(=O)N1c1cccc(Oc2ccccc2)n1. The van der Waals surface area contributed by atoms with E-state index in [0.717, 1.165) is 19.3 Å². The van der Waals surface area contributed by atoms with Gasteiger partial charge in [0, 0.05) is 12.6 Å². The van der Waals surface area contributed by atoms with Crippen LogP contribution in [0.3, 0.4) is 0 Å². The smallest absolute Gasteiger partial charge is 0.333 e. The van der Waals surface area contributed by atoms with Crippen molar-refractivity contribution in [3.63, 3.8) is 0 Å². The Morgan fingerprint density at radius 3 is 2.62 bits per heavy atom. The van der Waals surface area contributed by atoms with Crippen molar-refractivity contribution in [2.75, 3.05) is 11.4 Å². The van der Waals surface area contributed by atoms with E-state index < -0.39 is 0 Å². The molecule has 6 heteroatoms. The normalized spacial score (nSPS) is 20.2. The van der Waals surface area contributed by atoms with E-state index in [-0.39, 0.29) is 18.0 Å². The molecule has 24 heavy (non-hydrogen) atoms. The number of amides is 3. The minimum absolute atomic E-state index is 0.191. The topological polar surface area (TPSA) is 62.7 Å². The van der Waals surface area contributed by atoms with Crippen molar-refractivity contribution in [1.82, 2.24) is 9.88 Å². The summed E-state index contributed by atoms with van der Waals surface area (Å²) in [6, 6.07) is 13.7. The first-order chi connectivity index (χ1) is 11.7.